The Morgan fingerprint density at radius 2 is 1.67 bits per heavy atom. The normalized spacial score (nSPS) is 18.1. The van der Waals surface area contributed by atoms with Crippen molar-refractivity contribution in [2.75, 3.05) is 51.2 Å². The van der Waals surface area contributed by atoms with Crippen molar-refractivity contribution in [3.05, 3.63) is 53.9 Å². The van der Waals surface area contributed by atoms with Gasteiger partial charge in [0.25, 0.3) is 5.91 Å². The van der Waals surface area contributed by atoms with Gasteiger partial charge in [0.15, 0.2) is 11.5 Å². The molecule has 2 amide bonds. The second-order valence-electron chi connectivity index (χ2n) is 9.58. The lowest BCUT2D eigenvalue weighted by atomic mass is 9.81. The second kappa shape index (κ2) is 11.2. The minimum Gasteiger partial charge on any atom is -0.369 e. The summed E-state index contributed by atoms with van der Waals surface area (Å²) in [4.78, 5) is 31.7. The fourth-order valence-corrected chi connectivity index (χ4v) is 5.12. The molecular formula is C25H33ClN8O2. The number of amides is 2. The number of halogens is 1. The Morgan fingerprint density at radius 3 is 2.33 bits per heavy atom. The number of rotatable bonds is 6. The van der Waals surface area contributed by atoms with E-state index in [1.165, 1.54) is 0 Å². The van der Waals surface area contributed by atoms with Crippen molar-refractivity contribution in [2.45, 2.75) is 19.3 Å². The van der Waals surface area contributed by atoms with Crippen molar-refractivity contribution in [3.63, 3.8) is 0 Å². The van der Waals surface area contributed by atoms with Crippen LogP contribution in [0, 0.1) is 11.8 Å². The molecule has 36 heavy (non-hydrogen) atoms. The summed E-state index contributed by atoms with van der Waals surface area (Å²) in [6.07, 6.45) is 1.83. The molecule has 10 nitrogen and oxygen atoms in total. The van der Waals surface area contributed by atoms with Crippen molar-refractivity contribution in [1.29, 1.82) is 0 Å². The van der Waals surface area contributed by atoms with E-state index in [0.29, 0.717) is 36.5 Å². The number of nitrogens with two attached hydrogens (primary N) is 1. The van der Waals surface area contributed by atoms with Gasteiger partial charge >= 0.3 is 0 Å². The van der Waals surface area contributed by atoms with Crippen LogP contribution < -0.4 is 10.6 Å². The molecule has 4 heterocycles. The molecule has 2 aliphatic rings. The van der Waals surface area contributed by atoms with Crippen LogP contribution in [0.5, 0.6) is 0 Å². The molecule has 2 aromatic heterocycles. The summed E-state index contributed by atoms with van der Waals surface area (Å²) in [5.74, 6) is 0.914. The molecule has 1 unspecified atom stereocenters. The zero-order chi connectivity index (χ0) is 24.4. The molecule has 3 aromatic rings. The van der Waals surface area contributed by atoms with E-state index in [9.17, 15) is 9.59 Å². The number of benzene rings is 1. The van der Waals surface area contributed by atoms with Crippen molar-refractivity contribution in [1.82, 2.24) is 29.6 Å². The smallest absolute Gasteiger partial charge is 0.253 e. The third-order valence-corrected chi connectivity index (χ3v) is 7.33. The molecule has 2 N–H and O–H groups in total. The van der Waals surface area contributed by atoms with Gasteiger partial charge in [0.1, 0.15) is 5.82 Å². The van der Waals surface area contributed by atoms with E-state index in [2.05, 4.69) is 27.0 Å². The number of likely N-dealkylation sites (N-methyl/N-ethyl adjacent to an activating group) is 1. The highest BCUT2D eigenvalue weighted by molar-refractivity contribution is 5.94. The molecule has 2 aliphatic heterocycles. The number of carbonyl (C=O) groups is 2. The summed E-state index contributed by atoms with van der Waals surface area (Å²) in [6, 6.07) is 13.2. The first kappa shape index (κ1) is 25.8. The van der Waals surface area contributed by atoms with E-state index < -0.39 is 0 Å². The largest absolute Gasteiger partial charge is 0.369 e. The Bertz CT molecular complexity index is 1190. The summed E-state index contributed by atoms with van der Waals surface area (Å²) in [5.41, 5.74) is 7.21. The Balaban J connectivity index is 0.00000304. The van der Waals surface area contributed by atoms with Crippen LogP contribution in [0.1, 0.15) is 29.0 Å². The number of hydrogen-bond donors (Lipinski definition) is 1. The fraction of sp³-hybridized carbons (Fsp3) is 0.480. The maximum atomic E-state index is 12.8. The fourth-order valence-electron chi connectivity index (χ4n) is 5.12. The Kier molecular flexibility index (Phi) is 8.05. The number of primary amides is 1. The van der Waals surface area contributed by atoms with Gasteiger partial charge < -0.3 is 20.4 Å². The molecule has 0 saturated carbocycles. The number of fused-ring (bicyclic) bond motifs is 1. The number of piperidine rings is 1. The van der Waals surface area contributed by atoms with Crippen LogP contribution in [0.25, 0.3) is 5.65 Å². The predicted molar refractivity (Wildman–Crippen MR) is 139 cm³/mol. The van der Waals surface area contributed by atoms with Crippen LogP contribution in [-0.2, 0) is 11.2 Å². The topological polar surface area (TPSA) is 113 Å². The zero-order valence-electron chi connectivity index (χ0n) is 20.5. The van der Waals surface area contributed by atoms with Gasteiger partial charge in [-0.05, 0) is 50.1 Å². The van der Waals surface area contributed by atoms with E-state index in [1.807, 2.05) is 47.4 Å². The summed E-state index contributed by atoms with van der Waals surface area (Å²) in [7, 11) is 2.12. The summed E-state index contributed by atoms with van der Waals surface area (Å²) < 4.78 is 1.75. The van der Waals surface area contributed by atoms with Gasteiger partial charge in [0, 0.05) is 57.2 Å². The van der Waals surface area contributed by atoms with Crippen LogP contribution in [0.15, 0.2) is 42.5 Å². The molecule has 11 heteroatoms. The average molecular weight is 513 g/mol. The van der Waals surface area contributed by atoms with Crippen LogP contribution in [0.4, 0.5) is 5.82 Å². The third-order valence-electron chi connectivity index (χ3n) is 7.33. The van der Waals surface area contributed by atoms with E-state index in [1.54, 1.807) is 4.52 Å². The van der Waals surface area contributed by atoms with Gasteiger partial charge in [0.2, 0.25) is 5.91 Å². The molecule has 1 aromatic carbocycles. The van der Waals surface area contributed by atoms with Gasteiger partial charge in [-0.25, -0.2) is 0 Å². The van der Waals surface area contributed by atoms with Gasteiger partial charge in [-0.1, -0.05) is 18.2 Å². The Labute approximate surface area is 216 Å². The highest BCUT2D eigenvalue weighted by Gasteiger charge is 2.33. The SMILES string of the molecule is CN1CCN(c2ccc3nnc(CC(C(N)=O)C4CCN(C(=O)c5ccccc5)CC4)n3n2)CC1.Cl. The molecule has 2 saturated heterocycles. The molecule has 5 rings (SSSR count). The van der Waals surface area contributed by atoms with Crippen molar-refractivity contribution in [2.24, 2.45) is 17.6 Å². The molecular weight excluding hydrogens is 480 g/mol. The highest BCUT2D eigenvalue weighted by Crippen LogP contribution is 2.28. The number of hydrogen-bond acceptors (Lipinski definition) is 7. The summed E-state index contributed by atoms with van der Waals surface area (Å²) in [5, 5.41) is 13.4. The standard InChI is InChI=1S/C25H32N8O2.ClH/c1-30-13-15-31(16-14-30)22-8-7-21-27-28-23(33(21)29-22)17-20(24(26)34)18-9-11-32(12-10-18)25(35)19-5-3-2-4-6-19;/h2-8,18,20H,9-17H2,1H3,(H2,26,34);1H. The molecule has 0 aliphatic carbocycles. The van der Waals surface area contributed by atoms with E-state index >= 15 is 0 Å². The van der Waals surface area contributed by atoms with Gasteiger partial charge in [-0.3, -0.25) is 9.59 Å². The number of carbonyl (C=O) groups excluding carboxylic acids is 2. The minimum absolute atomic E-state index is 0. The number of anilines is 1. The van der Waals surface area contributed by atoms with Crippen LogP contribution in [0.2, 0.25) is 0 Å². The highest BCUT2D eigenvalue weighted by atomic mass is 35.5. The number of likely N-dealkylation sites (tertiary alicyclic amines) is 1. The maximum absolute atomic E-state index is 12.8. The first-order valence-corrected chi connectivity index (χ1v) is 12.3. The predicted octanol–water partition coefficient (Wildman–Crippen LogP) is 1.49. The van der Waals surface area contributed by atoms with Crippen molar-refractivity contribution < 1.29 is 9.59 Å². The lowest BCUT2D eigenvalue weighted by Crippen LogP contribution is -2.45. The average Bonchev–Trinajstić information content (AvgIpc) is 3.30. The van der Waals surface area contributed by atoms with Crippen molar-refractivity contribution >= 4 is 35.7 Å². The quantitative estimate of drug-likeness (QED) is 0.532. The number of nitrogens with zero attached hydrogens (tertiary/aromatic N) is 7. The first-order chi connectivity index (χ1) is 17.0. The minimum atomic E-state index is -0.384. The zero-order valence-corrected chi connectivity index (χ0v) is 21.3. The third kappa shape index (κ3) is 5.44. The number of aromatic nitrogens is 4. The van der Waals surface area contributed by atoms with Gasteiger partial charge in [0.05, 0.1) is 0 Å². The van der Waals surface area contributed by atoms with E-state index in [0.717, 1.165) is 44.8 Å². The van der Waals surface area contributed by atoms with Crippen molar-refractivity contribution in [3.8, 4) is 0 Å². The lowest BCUT2D eigenvalue weighted by Gasteiger charge is -2.35. The Morgan fingerprint density at radius 1 is 0.972 bits per heavy atom. The van der Waals surface area contributed by atoms with Gasteiger partial charge in [-0.15, -0.1) is 27.7 Å². The summed E-state index contributed by atoms with van der Waals surface area (Å²) in [6.45, 7) is 5.02. The van der Waals surface area contributed by atoms with E-state index in [-0.39, 0.29) is 36.1 Å². The molecule has 1 atom stereocenters. The van der Waals surface area contributed by atoms with Gasteiger partial charge in [-0.2, -0.15) is 4.52 Å². The van der Waals surface area contributed by atoms with E-state index in [4.69, 9.17) is 10.8 Å². The maximum Gasteiger partial charge on any atom is 0.253 e. The summed E-state index contributed by atoms with van der Waals surface area (Å²) >= 11 is 0. The van der Waals surface area contributed by atoms with Crippen LogP contribution in [0.3, 0.4) is 0 Å². The molecule has 2 fully saturated rings. The first-order valence-electron chi connectivity index (χ1n) is 12.3. The van der Waals surface area contributed by atoms with Crippen LogP contribution >= 0.6 is 12.4 Å². The monoisotopic (exact) mass is 512 g/mol. The molecule has 0 spiro atoms. The lowest BCUT2D eigenvalue weighted by molar-refractivity contribution is -0.124. The molecule has 0 radical (unpaired) electrons. The van der Waals surface area contributed by atoms with Crippen LogP contribution in [-0.4, -0.2) is 87.7 Å². The molecule has 192 valence electrons. The second-order valence-corrected chi connectivity index (χ2v) is 9.58. The Hall–Kier alpha value is -3.24. The number of piperazine rings is 1. The molecule has 0 bridgehead atoms.